The van der Waals surface area contributed by atoms with Crippen molar-refractivity contribution >= 4 is 11.8 Å². The fourth-order valence-corrected chi connectivity index (χ4v) is 5.17. The van der Waals surface area contributed by atoms with Gasteiger partial charge in [-0.2, -0.15) is 5.10 Å². The molecule has 5 rings (SSSR count). The van der Waals surface area contributed by atoms with E-state index in [-0.39, 0.29) is 11.0 Å². The van der Waals surface area contributed by atoms with Gasteiger partial charge in [-0.25, -0.2) is 9.48 Å². The number of carbonyl (C=O) groups is 1. The molecule has 0 spiro atoms. The van der Waals surface area contributed by atoms with Crippen LogP contribution < -0.4 is 16.2 Å². The zero-order chi connectivity index (χ0) is 26.3. The third kappa shape index (κ3) is 4.56. The molecule has 3 N–H and O–H groups in total. The lowest BCUT2D eigenvalue weighted by molar-refractivity contribution is 0.0883. The number of aliphatic hydroxyl groups excluding tert-OH is 1. The normalized spacial score (nSPS) is 18.2. The summed E-state index contributed by atoms with van der Waals surface area (Å²) in [6.45, 7) is 6.07. The van der Waals surface area contributed by atoms with E-state index in [1.807, 2.05) is 61.5 Å². The molecule has 0 saturated heterocycles. The first kappa shape index (κ1) is 24.5. The fourth-order valence-electron chi connectivity index (χ4n) is 5.17. The highest BCUT2D eigenvalue weighted by Gasteiger charge is 2.39. The van der Waals surface area contributed by atoms with Crippen LogP contribution in [0.3, 0.4) is 0 Å². The van der Waals surface area contributed by atoms with Crippen LogP contribution in [0.25, 0.3) is 16.9 Å². The number of amides is 2. The number of aryl methyl sites for hydroxylation is 1. The Morgan fingerprint density at radius 2 is 1.78 bits per heavy atom. The Morgan fingerprint density at radius 1 is 1.08 bits per heavy atom. The molecule has 2 amide bonds. The average Bonchev–Trinajstić information content (AvgIpc) is 3.19. The lowest BCUT2D eigenvalue weighted by Crippen LogP contribution is -2.45. The van der Waals surface area contributed by atoms with Crippen LogP contribution in [-0.4, -0.2) is 31.6 Å². The van der Waals surface area contributed by atoms with Gasteiger partial charge in [0.25, 0.3) is 5.56 Å². The molecule has 2 aromatic heterocycles. The average molecular weight is 498 g/mol. The Bertz CT molecular complexity index is 1520. The molecule has 0 bridgehead atoms. The molecule has 190 valence electrons. The van der Waals surface area contributed by atoms with Gasteiger partial charge in [0.05, 0.1) is 23.5 Å². The van der Waals surface area contributed by atoms with Gasteiger partial charge >= 0.3 is 6.03 Å². The quantitative estimate of drug-likeness (QED) is 0.388. The van der Waals surface area contributed by atoms with E-state index in [0.717, 1.165) is 22.4 Å². The van der Waals surface area contributed by atoms with Crippen molar-refractivity contribution in [2.24, 2.45) is 7.05 Å². The summed E-state index contributed by atoms with van der Waals surface area (Å²) in [6, 6.07) is 19.8. The molecule has 2 heterocycles. The zero-order valence-corrected chi connectivity index (χ0v) is 21.4. The largest absolute Gasteiger partial charge is 0.391 e. The van der Waals surface area contributed by atoms with E-state index in [1.165, 1.54) is 10.6 Å². The van der Waals surface area contributed by atoms with Crippen molar-refractivity contribution in [2.75, 3.05) is 5.32 Å². The van der Waals surface area contributed by atoms with Gasteiger partial charge in [-0.3, -0.25) is 10.1 Å². The predicted octanol–water partition coefficient (Wildman–Crippen LogP) is 4.45. The van der Waals surface area contributed by atoms with Gasteiger partial charge in [0.15, 0.2) is 0 Å². The number of pyridine rings is 1. The van der Waals surface area contributed by atoms with Crippen LogP contribution >= 0.6 is 0 Å². The maximum absolute atomic E-state index is 13.3. The smallest absolute Gasteiger partial charge is 0.320 e. The minimum Gasteiger partial charge on any atom is -0.391 e. The third-order valence-corrected chi connectivity index (χ3v) is 7.15. The van der Waals surface area contributed by atoms with E-state index < -0.39 is 18.2 Å². The van der Waals surface area contributed by atoms with Gasteiger partial charge in [-0.05, 0) is 48.1 Å². The number of rotatable bonds is 4. The summed E-state index contributed by atoms with van der Waals surface area (Å²) in [6.07, 6.45) is 1.50. The van der Waals surface area contributed by atoms with Gasteiger partial charge < -0.3 is 15.0 Å². The summed E-state index contributed by atoms with van der Waals surface area (Å²) < 4.78 is 3.16. The lowest BCUT2D eigenvalue weighted by Gasteiger charge is -2.40. The van der Waals surface area contributed by atoms with Gasteiger partial charge in [0, 0.05) is 30.4 Å². The van der Waals surface area contributed by atoms with Gasteiger partial charge in [-0.15, -0.1) is 0 Å². The summed E-state index contributed by atoms with van der Waals surface area (Å²) in [4.78, 5) is 25.6. The summed E-state index contributed by atoms with van der Waals surface area (Å²) in [5.41, 5.74) is 4.43. The van der Waals surface area contributed by atoms with Crippen LogP contribution in [-0.2, 0) is 12.5 Å². The van der Waals surface area contributed by atoms with Crippen molar-refractivity contribution in [1.29, 1.82) is 0 Å². The second-order valence-corrected chi connectivity index (χ2v) is 10.3. The monoisotopic (exact) mass is 497 g/mol. The van der Waals surface area contributed by atoms with E-state index in [9.17, 15) is 14.7 Å². The number of aliphatic hydroxyl groups is 1. The molecular formula is C29H31N5O3. The number of benzene rings is 2. The topological polar surface area (TPSA) is 101 Å². The van der Waals surface area contributed by atoms with Crippen molar-refractivity contribution in [1.82, 2.24) is 19.7 Å². The van der Waals surface area contributed by atoms with Crippen LogP contribution in [0.5, 0.6) is 0 Å². The van der Waals surface area contributed by atoms with Crippen molar-refractivity contribution in [3.8, 4) is 16.9 Å². The molecule has 0 aliphatic heterocycles. The first-order chi connectivity index (χ1) is 17.7. The third-order valence-electron chi connectivity index (χ3n) is 7.15. The molecule has 37 heavy (non-hydrogen) atoms. The second-order valence-electron chi connectivity index (χ2n) is 10.3. The van der Waals surface area contributed by atoms with Crippen LogP contribution in [0.4, 0.5) is 10.6 Å². The number of fused-ring (bicyclic) bond motifs is 1. The number of aromatic nitrogens is 3. The minimum atomic E-state index is -0.730. The van der Waals surface area contributed by atoms with E-state index in [2.05, 4.69) is 30.5 Å². The number of nitrogens with zero attached hydrogens (tertiary/aromatic N) is 3. The standard InChI is InChI=1S/C29H31N5O3/c1-18-25(19-14-15-33(4)24(36)16-19)32-34(20-10-6-5-7-11-20)27(18)31-28(37)30-26-21-12-8-9-13-22(21)29(2,3)17-23(26)35/h5-16,23,26,35H,17H2,1-4H3,(H2,30,31,37). The van der Waals surface area contributed by atoms with Crippen molar-refractivity contribution < 1.29 is 9.90 Å². The number of para-hydroxylation sites is 1. The Hall–Kier alpha value is -4.17. The minimum absolute atomic E-state index is 0.147. The lowest BCUT2D eigenvalue weighted by atomic mass is 9.70. The molecule has 0 saturated carbocycles. The maximum atomic E-state index is 13.3. The maximum Gasteiger partial charge on any atom is 0.320 e. The highest BCUT2D eigenvalue weighted by molar-refractivity contribution is 5.91. The molecule has 1 aliphatic carbocycles. The molecule has 8 nitrogen and oxygen atoms in total. The van der Waals surface area contributed by atoms with Crippen molar-refractivity contribution in [3.05, 3.63) is 100.0 Å². The molecule has 1 aliphatic rings. The first-order valence-corrected chi connectivity index (χ1v) is 12.3. The predicted molar refractivity (Wildman–Crippen MR) is 144 cm³/mol. The van der Waals surface area contributed by atoms with Crippen LogP contribution in [0.2, 0.25) is 0 Å². The first-order valence-electron chi connectivity index (χ1n) is 12.3. The second kappa shape index (κ2) is 9.37. The number of anilines is 1. The summed E-state index contributed by atoms with van der Waals surface area (Å²) in [5, 5.41) is 21.7. The van der Waals surface area contributed by atoms with Crippen molar-refractivity contribution in [2.45, 2.75) is 44.8 Å². The molecule has 0 radical (unpaired) electrons. The molecule has 2 aromatic carbocycles. The molecule has 2 atom stereocenters. The van der Waals surface area contributed by atoms with Crippen LogP contribution in [0, 0.1) is 6.92 Å². The Labute approximate surface area is 215 Å². The van der Waals surface area contributed by atoms with E-state index in [1.54, 1.807) is 17.9 Å². The van der Waals surface area contributed by atoms with Crippen molar-refractivity contribution in [3.63, 3.8) is 0 Å². The Kier molecular flexibility index (Phi) is 6.21. The summed E-state index contributed by atoms with van der Waals surface area (Å²) in [5.74, 6) is 0.485. The van der Waals surface area contributed by atoms with E-state index >= 15 is 0 Å². The fraction of sp³-hybridized carbons (Fsp3) is 0.276. The van der Waals surface area contributed by atoms with Gasteiger partial charge in [-0.1, -0.05) is 56.3 Å². The molecule has 4 aromatic rings. The molecule has 8 heteroatoms. The Balaban J connectivity index is 1.50. The molecule has 2 unspecified atom stereocenters. The zero-order valence-electron chi connectivity index (χ0n) is 21.4. The number of hydrogen-bond acceptors (Lipinski definition) is 4. The highest BCUT2D eigenvalue weighted by atomic mass is 16.3. The van der Waals surface area contributed by atoms with Crippen LogP contribution in [0.1, 0.15) is 43.0 Å². The number of carbonyl (C=O) groups excluding carboxylic acids is 1. The summed E-state index contributed by atoms with van der Waals surface area (Å²) in [7, 11) is 1.69. The highest BCUT2D eigenvalue weighted by Crippen LogP contribution is 2.41. The number of nitrogens with one attached hydrogen (secondary N) is 2. The van der Waals surface area contributed by atoms with E-state index in [0.29, 0.717) is 23.5 Å². The SMILES string of the molecule is Cc1c(-c2ccn(C)c(=O)c2)nn(-c2ccccc2)c1NC(=O)NC1c2ccccc2C(C)(C)CC1O. The number of hydrogen-bond donors (Lipinski definition) is 3. The van der Waals surface area contributed by atoms with Gasteiger partial charge in [0.1, 0.15) is 5.82 Å². The molecule has 0 fully saturated rings. The van der Waals surface area contributed by atoms with Gasteiger partial charge in [0.2, 0.25) is 0 Å². The van der Waals surface area contributed by atoms with Crippen LogP contribution in [0.15, 0.2) is 77.7 Å². The van der Waals surface area contributed by atoms with E-state index in [4.69, 9.17) is 5.10 Å². The Morgan fingerprint density at radius 3 is 2.51 bits per heavy atom. The number of urea groups is 1. The molecular weight excluding hydrogens is 466 g/mol. The summed E-state index contributed by atoms with van der Waals surface area (Å²) >= 11 is 0.